The molecule has 0 heterocycles. The fourth-order valence-corrected chi connectivity index (χ4v) is 4.34. The predicted octanol–water partition coefficient (Wildman–Crippen LogP) is 3.87. The molecule has 0 fully saturated rings. The van der Waals surface area contributed by atoms with Crippen LogP contribution in [0.3, 0.4) is 0 Å². The van der Waals surface area contributed by atoms with Gasteiger partial charge in [-0.25, -0.2) is 8.42 Å². The maximum atomic E-state index is 13.0. The van der Waals surface area contributed by atoms with E-state index in [4.69, 9.17) is 5.26 Å². The van der Waals surface area contributed by atoms with Gasteiger partial charge >= 0.3 is 0 Å². The normalized spacial score (nSPS) is 11.0. The molecular formula is C16H15BrN2O2S. The highest BCUT2D eigenvalue weighted by molar-refractivity contribution is 9.10. The number of benzene rings is 2. The van der Waals surface area contributed by atoms with Crippen molar-refractivity contribution in [1.29, 1.82) is 5.26 Å². The zero-order valence-corrected chi connectivity index (χ0v) is 14.4. The van der Waals surface area contributed by atoms with Crippen LogP contribution in [0.4, 0.5) is 5.69 Å². The van der Waals surface area contributed by atoms with E-state index in [1.54, 1.807) is 49.4 Å². The molecule has 114 valence electrons. The number of nitrogens with zero attached hydrogens (tertiary/aromatic N) is 2. The van der Waals surface area contributed by atoms with E-state index in [1.165, 1.54) is 4.31 Å². The van der Waals surface area contributed by atoms with Crippen molar-refractivity contribution in [2.45, 2.75) is 18.2 Å². The van der Waals surface area contributed by atoms with Gasteiger partial charge in [-0.3, -0.25) is 4.31 Å². The molecule has 4 nitrogen and oxygen atoms in total. The monoisotopic (exact) mass is 378 g/mol. The average molecular weight is 379 g/mol. The number of halogens is 1. The fraction of sp³-hybridized carbons (Fsp3) is 0.188. The molecule has 0 aromatic heterocycles. The van der Waals surface area contributed by atoms with Crippen molar-refractivity contribution in [2.75, 3.05) is 10.8 Å². The summed E-state index contributed by atoms with van der Waals surface area (Å²) in [6, 6.07) is 16.0. The SMILES string of the molecule is Cc1ccc(Br)cc1S(=O)(=O)N(CCC#N)c1ccccc1. The molecular weight excluding hydrogens is 364 g/mol. The molecule has 0 atom stereocenters. The summed E-state index contributed by atoms with van der Waals surface area (Å²) in [5.74, 6) is 0. The third-order valence-electron chi connectivity index (χ3n) is 3.19. The van der Waals surface area contributed by atoms with Gasteiger partial charge in [0.05, 0.1) is 23.1 Å². The van der Waals surface area contributed by atoms with Crippen LogP contribution in [0.15, 0.2) is 57.9 Å². The van der Waals surface area contributed by atoms with E-state index in [2.05, 4.69) is 15.9 Å². The van der Waals surface area contributed by atoms with Gasteiger partial charge < -0.3 is 0 Å². The highest BCUT2D eigenvalue weighted by Gasteiger charge is 2.26. The van der Waals surface area contributed by atoms with Gasteiger partial charge in [-0.2, -0.15) is 5.26 Å². The van der Waals surface area contributed by atoms with Crippen molar-refractivity contribution in [2.24, 2.45) is 0 Å². The molecule has 2 aromatic carbocycles. The van der Waals surface area contributed by atoms with E-state index in [0.717, 1.165) is 0 Å². The minimum absolute atomic E-state index is 0.120. The van der Waals surface area contributed by atoms with Crippen molar-refractivity contribution in [1.82, 2.24) is 0 Å². The molecule has 0 amide bonds. The van der Waals surface area contributed by atoms with Crippen molar-refractivity contribution in [3.05, 3.63) is 58.6 Å². The Labute approximate surface area is 139 Å². The first-order valence-electron chi connectivity index (χ1n) is 6.67. The second kappa shape index (κ2) is 6.95. The molecule has 0 spiro atoms. The zero-order valence-electron chi connectivity index (χ0n) is 12.0. The van der Waals surface area contributed by atoms with E-state index in [0.29, 0.717) is 15.7 Å². The second-order valence-corrected chi connectivity index (χ2v) is 7.48. The third kappa shape index (κ3) is 3.49. The van der Waals surface area contributed by atoms with Crippen LogP contribution in [0.2, 0.25) is 0 Å². The van der Waals surface area contributed by atoms with Gasteiger partial charge in [-0.05, 0) is 36.8 Å². The summed E-state index contributed by atoms with van der Waals surface area (Å²) in [7, 11) is -3.73. The molecule has 0 N–H and O–H groups in total. The highest BCUT2D eigenvalue weighted by Crippen LogP contribution is 2.27. The number of nitriles is 1. The van der Waals surface area contributed by atoms with Crippen LogP contribution in [0.5, 0.6) is 0 Å². The molecule has 0 radical (unpaired) electrons. The lowest BCUT2D eigenvalue weighted by molar-refractivity contribution is 0.590. The van der Waals surface area contributed by atoms with Gasteiger partial charge in [-0.1, -0.05) is 40.2 Å². The smallest absolute Gasteiger partial charge is 0.264 e. The van der Waals surface area contributed by atoms with Gasteiger partial charge in [0.2, 0.25) is 0 Å². The Morgan fingerprint density at radius 2 is 1.86 bits per heavy atom. The van der Waals surface area contributed by atoms with Crippen LogP contribution in [0, 0.1) is 18.3 Å². The molecule has 0 bridgehead atoms. The van der Waals surface area contributed by atoms with Crippen molar-refractivity contribution in [3.8, 4) is 6.07 Å². The third-order valence-corrected chi connectivity index (χ3v) is 5.65. The van der Waals surface area contributed by atoms with Crippen molar-refractivity contribution >= 4 is 31.6 Å². The van der Waals surface area contributed by atoms with Gasteiger partial charge in [0.25, 0.3) is 10.0 Å². The predicted molar refractivity (Wildman–Crippen MR) is 90.1 cm³/mol. The Bertz CT molecular complexity index is 799. The summed E-state index contributed by atoms with van der Waals surface area (Å²) in [5, 5.41) is 8.82. The first kappa shape index (κ1) is 16.5. The van der Waals surface area contributed by atoms with Gasteiger partial charge in [0.15, 0.2) is 0 Å². The average Bonchev–Trinajstić information content (AvgIpc) is 2.51. The summed E-state index contributed by atoms with van der Waals surface area (Å²) in [6.07, 6.45) is 0.126. The number of sulfonamides is 1. The number of hydrogen-bond acceptors (Lipinski definition) is 3. The lowest BCUT2D eigenvalue weighted by Crippen LogP contribution is -2.32. The van der Waals surface area contributed by atoms with Crippen molar-refractivity contribution in [3.63, 3.8) is 0 Å². The van der Waals surface area contributed by atoms with Crippen LogP contribution >= 0.6 is 15.9 Å². The van der Waals surface area contributed by atoms with Crippen molar-refractivity contribution < 1.29 is 8.42 Å². The van der Waals surface area contributed by atoms with Gasteiger partial charge in [0, 0.05) is 11.0 Å². The lowest BCUT2D eigenvalue weighted by Gasteiger charge is -2.24. The van der Waals surface area contributed by atoms with E-state index in [9.17, 15) is 8.42 Å². The molecule has 2 aromatic rings. The molecule has 0 saturated carbocycles. The lowest BCUT2D eigenvalue weighted by atomic mass is 10.2. The van der Waals surface area contributed by atoms with E-state index < -0.39 is 10.0 Å². The van der Waals surface area contributed by atoms with E-state index >= 15 is 0 Å². The molecule has 2 rings (SSSR count). The van der Waals surface area contributed by atoms with Crippen LogP contribution in [0.25, 0.3) is 0 Å². The van der Waals surface area contributed by atoms with Crippen LogP contribution < -0.4 is 4.31 Å². The molecule has 0 aliphatic heterocycles. The number of para-hydroxylation sites is 1. The number of aryl methyl sites for hydroxylation is 1. The maximum Gasteiger partial charge on any atom is 0.264 e. The molecule has 0 saturated heterocycles. The molecule has 0 unspecified atom stereocenters. The Hall–Kier alpha value is -1.84. The number of rotatable bonds is 5. The number of hydrogen-bond donors (Lipinski definition) is 0. The summed E-state index contributed by atoms with van der Waals surface area (Å²) in [5.41, 5.74) is 1.22. The summed E-state index contributed by atoms with van der Waals surface area (Å²) >= 11 is 3.31. The van der Waals surface area contributed by atoms with Gasteiger partial charge in [-0.15, -0.1) is 0 Å². The minimum atomic E-state index is -3.73. The Morgan fingerprint density at radius 1 is 1.18 bits per heavy atom. The molecule has 22 heavy (non-hydrogen) atoms. The second-order valence-electron chi connectivity index (χ2n) is 4.73. The van der Waals surface area contributed by atoms with E-state index in [-0.39, 0.29) is 17.9 Å². The first-order valence-corrected chi connectivity index (χ1v) is 8.91. The summed E-state index contributed by atoms with van der Waals surface area (Å²) < 4.78 is 28.0. The zero-order chi connectivity index (χ0) is 16.2. The molecule has 6 heteroatoms. The highest BCUT2D eigenvalue weighted by atomic mass is 79.9. The quantitative estimate of drug-likeness (QED) is 0.793. The van der Waals surface area contributed by atoms with Crippen LogP contribution in [0.1, 0.15) is 12.0 Å². The standard InChI is InChI=1S/C16H15BrN2O2S/c1-13-8-9-14(17)12-16(13)22(20,21)19(11-5-10-18)15-6-3-2-4-7-15/h2-4,6-9,12H,5,11H2,1H3. The summed E-state index contributed by atoms with van der Waals surface area (Å²) in [4.78, 5) is 0.240. The number of anilines is 1. The molecule has 0 aliphatic carbocycles. The van der Waals surface area contributed by atoms with Gasteiger partial charge in [0.1, 0.15) is 0 Å². The topological polar surface area (TPSA) is 61.2 Å². The Balaban J connectivity index is 2.55. The largest absolute Gasteiger partial charge is 0.265 e. The van der Waals surface area contributed by atoms with E-state index in [1.807, 2.05) is 12.1 Å². The van der Waals surface area contributed by atoms with Crippen LogP contribution in [-0.4, -0.2) is 15.0 Å². The Morgan fingerprint density at radius 3 is 2.50 bits per heavy atom. The minimum Gasteiger partial charge on any atom is -0.265 e. The summed E-state index contributed by atoms with van der Waals surface area (Å²) in [6.45, 7) is 1.88. The Kier molecular flexibility index (Phi) is 5.22. The van der Waals surface area contributed by atoms with Crippen LogP contribution in [-0.2, 0) is 10.0 Å². The fourth-order valence-electron chi connectivity index (χ4n) is 2.10. The maximum absolute atomic E-state index is 13.0. The molecule has 0 aliphatic rings. The first-order chi connectivity index (χ1) is 10.5.